The number of aromatic nitrogens is 2. The summed E-state index contributed by atoms with van der Waals surface area (Å²) in [5, 5.41) is 9.73. The van der Waals surface area contributed by atoms with Gasteiger partial charge in [-0.05, 0) is 24.1 Å². The molecular weight excluding hydrogens is 340 g/mol. The van der Waals surface area contributed by atoms with Crippen molar-refractivity contribution in [2.45, 2.75) is 17.7 Å². The predicted molar refractivity (Wildman–Crippen MR) is 86.1 cm³/mol. The first kappa shape index (κ1) is 17.3. The zero-order valence-electron chi connectivity index (χ0n) is 12.6. The minimum Gasteiger partial charge on any atom is -0.497 e. The van der Waals surface area contributed by atoms with E-state index in [0.717, 1.165) is 22.6 Å². The summed E-state index contributed by atoms with van der Waals surface area (Å²) in [6, 6.07) is 7.39. The SMILES string of the molecule is COc1cccc(CCNS(=O)(=O)c2nnc(NC(C)=O)s2)c1. The van der Waals surface area contributed by atoms with Gasteiger partial charge in [0.1, 0.15) is 5.75 Å². The molecule has 0 spiro atoms. The molecule has 8 nitrogen and oxygen atoms in total. The minimum atomic E-state index is -3.75. The molecule has 0 saturated carbocycles. The Morgan fingerprint density at radius 3 is 2.83 bits per heavy atom. The van der Waals surface area contributed by atoms with Crippen LogP contribution >= 0.6 is 11.3 Å². The summed E-state index contributed by atoms with van der Waals surface area (Å²) in [6.07, 6.45) is 0.508. The molecule has 0 aliphatic carbocycles. The van der Waals surface area contributed by atoms with E-state index in [1.807, 2.05) is 24.3 Å². The van der Waals surface area contributed by atoms with Crippen molar-refractivity contribution in [1.29, 1.82) is 0 Å². The van der Waals surface area contributed by atoms with Crippen molar-refractivity contribution in [3.05, 3.63) is 29.8 Å². The first-order valence-electron chi connectivity index (χ1n) is 6.64. The van der Waals surface area contributed by atoms with Gasteiger partial charge >= 0.3 is 0 Å². The maximum atomic E-state index is 12.1. The van der Waals surface area contributed by atoms with Gasteiger partial charge in [0.2, 0.25) is 15.4 Å². The summed E-state index contributed by atoms with van der Waals surface area (Å²) in [7, 11) is -2.18. The third-order valence-electron chi connectivity index (χ3n) is 2.76. The van der Waals surface area contributed by atoms with Crippen LogP contribution in [-0.4, -0.2) is 38.2 Å². The Morgan fingerprint density at radius 1 is 1.35 bits per heavy atom. The van der Waals surface area contributed by atoms with Crippen LogP contribution in [0.3, 0.4) is 0 Å². The van der Waals surface area contributed by atoms with Crippen LogP contribution in [0, 0.1) is 0 Å². The fourth-order valence-corrected chi connectivity index (χ4v) is 3.76. The van der Waals surface area contributed by atoms with Crippen LogP contribution in [0.15, 0.2) is 28.6 Å². The molecule has 2 rings (SSSR count). The summed E-state index contributed by atoms with van der Waals surface area (Å²) >= 11 is 0.796. The molecule has 1 aromatic carbocycles. The molecule has 0 aliphatic rings. The Bertz CT molecular complexity index is 789. The van der Waals surface area contributed by atoms with Crippen LogP contribution in [-0.2, 0) is 21.2 Å². The van der Waals surface area contributed by atoms with Gasteiger partial charge in [-0.25, -0.2) is 13.1 Å². The number of amides is 1. The Morgan fingerprint density at radius 2 is 2.13 bits per heavy atom. The molecule has 0 aliphatic heterocycles. The molecule has 1 amide bonds. The first-order chi connectivity index (χ1) is 10.9. The number of benzene rings is 1. The lowest BCUT2D eigenvalue weighted by atomic mass is 10.1. The monoisotopic (exact) mass is 356 g/mol. The highest BCUT2D eigenvalue weighted by Crippen LogP contribution is 2.19. The van der Waals surface area contributed by atoms with Crippen molar-refractivity contribution in [1.82, 2.24) is 14.9 Å². The van der Waals surface area contributed by atoms with Crippen molar-refractivity contribution in [3.63, 3.8) is 0 Å². The van der Waals surface area contributed by atoms with Crippen LogP contribution in [0.25, 0.3) is 0 Å². The van der Waals surface area contributed by atoms with Gasteiger partial charge in [-0.1, -0.05) is 23.5 Å². The average Bonchev–Trinajstić information content (AvgIpc) is 2.96. The van der Waals surface area contributed by atoms with Gasteiger partial charge in [0.25, 0.3) is 10.0 Å². The quantitative estimate of drug-likeness (QED) is 0.717. The Hall–Kier alpha value is -2.04. The van der Waals surface area contributed by atoms with Crippen molar-refractivity contribution >= 4 is 32.4 Å². The average molecular weight is 356 g/mol. The number of hydrogen-bond acceptors (Lipinski definition) is 7. The molecule has 0 bridgehead atoms. The molecule has 0 atom stereocenters. The Balaban J connectivity index is 1.95. The molecule has 0 radical (unpaired) electrons. The van der Waals surface area contributed by atoms with Crippen LogP contribution < -0.4 is 14.8 Å². The number of hydrogen-bond donors (Lipinski definition) is 2. The maximum Gasteiger partial charge on any atom is 0.269 e. The van der Waals surface area contributed by atoms with Gasteiger partial charge in [-0.15, -0.1) is 10.2 Å². The normalized spacial score (nSPS) is 11.2. The van der Waals surface area contributed by atoms with E-state index in [0.29, 0.717) is 6.42 Å². The van der Waals surface area contributed by atoms with Crippen molar-refractivity contribution in [2.24, 2.45) is 0 Å². The van der Waals surface area contributed by atoms with E-state index < -0.39 is 10.0 Å². The summed E-state index contributed by atoms with van der Waals surface area (Å²) in [5.74, 6) is 0.380. The predicted octanol–water partition coefficient (Wildman–Crippen LogP) is 1.03. The van der Waals surface area contributed by atoms with Crippen LogP contribution in [0.2, 0.25) is 0 Å². The highest BCUT2D eigenvalue weighted by Gasteiger charge is 2.20. The maximum absolute atomic E-state index is 12.1. The van der Waals surface area contributed by atoms with Gasteiger partial charge in [-0.2, -0.15) is 0 Å². The van der Waals surface area contributed by atoms with E-state index in [4.69, 9.17) is 4.74 Å². The number of methoxy groups -OCH3 is 1. The summed E-state index contributed by atoms with van der Waals surface area (Å²) < 4.78 is 31.6. The lowest BCUT2D eigenvalue weighted by Gasteiger charge is -2.05. The number of sulfonamides is 1. The van der Waals surface area contributed by atoms with E-state index in [2.05, 4.69) is 20.2 Å². The number of nitrogens with one attached hydrogen (secondary N) is 2. The molecule has 124 valence electrons. The largest absolute Gasteiger partial charge is 0.497 e. The zero-order valence-corrected chi connectivity index (χ0v) is 14.2. The van der Waals surface area contributed by atoms with Crippen molar-refractivity contribution < 1.29 is 17.9 Å². The molecule has 23 heavy (non-hydrogen) atoms. The lowest BCUT2D eigenvalue weighted by Crippen LogP contribution is -2.25. The minimum absolute atomic E-state index is 0.144. The highest BCUT2D eigenvalue weighted by atomic mass is 32.2. The second kappa shape index (κ2) is 7.49. The molecule has 1 aromatic heterocycles. The smallest absolute Gasteiger partial charge is 0.269 e. The number of nitrogens with zero attached hydrogens (tertiary/aromatic N) is 2. The fourth-order valence-electron chi connectivity index (χ4n) is 1.74. The van der Waals surface area contributed by atoms with Gasteiger partial charge in [0.15, 0.2) is 0 Å². The van der Waals surface area contributed by atoms with E-state index in [1.165, 1.54) is 6.92 Å². The van der Waals surface area contributed by atoms with Crippen LogP contribution in [0.5, 0.6) is 5.75 Å². The van der Waals surface area contributed by atoms with E-state index in [1.54, 1.807) is 7.11 Å². The summed E-state index contributed by atoms with van der Waals surface area (Å²) in [5.41, 5.74) is 0.947. The summed E-state index contributed by atoms with van der Waals surface area (Å²) in [4.78, 5) is 10.9. The number of anilines is 1. The van der Waals surface area contributed by atoms with E-state index >= 15 is 0 Å². The molecule has 1 heterocycles. The second-order valence-electron chi connectivity index (χ2n) is 4.55. The molecule has 0 unspecified atom stereocenters. The van der Waals surface area contributed by atoms with Gasteiger partial charge < -0.3 is 10.1 Å². The zero-order chi connectivity index (χ0) is 16.9. The number of rotatable bonds is 7. The molecule has 0 fully saturated rings. The Labute approximate surface area is 137 Å². The number of carbonyl (C=O) groups is 1. The standard InChI is InChI=1S/C13H16N4O4S2/c1-9(18)15-12-16-17-13(22-12)23(19,20)14-7-6-10-4-3-5-11(8-10)21-2/h3-5,8,14H,6-7H2,1-2H3,(H,15,16,18). The Kier molecular flexibility index (Phi) is 5.64. The van der Waals surface area contributed by atoms with E-state index in [9.17, 15) is 13.2 Å². The van der Waals surface area contributed by atoms with Gasteiger partial charge in [0.05, 0.1) is 7.11 Å². The molecule has 0 saturated heterocycles. The topological polar surface area (TPSA) is 110 Å². The molecular formula is C13H16N4O4S2. The second-order valence-corrected chi connectivity index (χ2v) is 7.47. The van der Waals surface area contributed by atoms with Crippen LogP contribution in [0.4, 0.5) is 5.13 Å². The van der Waals surface area contributed by atoms with Gasteiger partial charge in [-0.3, -0.25) is 4.79 Å². The number of ether oxygens (including phenoxy) is 1. The van der Waals surface area contributed by atoms with Crippen molar-refractivity contribution in [3.8, 4) is 5.75 Å². The highest BCUT2D eigenvalue weighted by molar-refractivity contribution is 7.91. The third kappa shape index (κ3) is 4.98. The third-order valence-corrected chi connectivity index (χ3v) is 5.43. The molecule has 10 heteroatoms. The summed E-state index contributed by atoms with van der Waals surface area (Å²) in [6.45, 7) is 1.52. The number of carbonyl (C=O) groups excluding carboxylic acids is 1. The molecule has 2 N–H and O–H groups in total. The fraction of sp³-hybridized carbons (Fsp3) is 0.308. The first-order valence-corrected chi connectivity index (χ1v) is 8.94. The molecule has 2 aromatic rings. The van der Waals surface area contributed by atoms with E-state index in [-0.39, 0.29) is 21.9 Å². The lowest BCUT2D eigenvalue weighted by molar-refractivity contribution is -0.114. The van der Waals surface area contributed by atoms with Crippen molar-refractivity contribution in [2.75, 3.05) is 19.0 Å². The van der Waals surface area contributed by atoms with Gasteiger partial charge in [0, 0.05) is 13.5 Å². The van der Waals surface area contributed by atoms with Crippen LogP contribution in [0.1, 0.15) is 12.5 Å².